The zero-order chi connectivity index (χ0) is 20.5. The van der Waals surface area contributed by atoms with Crippen LogP contribution in [0.5, 0.6) is 0 Å². The third-order valence-corrected chi connectivity index (χ3v) is 5.40. The minimum Gasteiger partial charge on any atom is -0.352 e. The van der Waals surface area contributed by atoms with Gasteiger partial charge in [-0.1, -0.05) is 60.2 Å². The molecule has 2 aromatic carbocycles. The summed E-state index contributed by atoms with van der Waals surface area (Å²) in [6, 6.07) is 17.7. The number of thioether (sulfide) groups is 1. The molecule has 0 saturated heterocycles. The van der Waals surface area contributed by atoms with E-state index in [0.717, 1.165) is 11.3 Å². The van der Waals surface area contributed by atoms with Gasteiger partial charge in [-0.3, -0.25) is 9.59 Å². The van der Waals surface area contributed by atoms with Gasteiger partial charge in [0.25, 0.3) is 0 Å². The molecule has 1 unspecified atom stereocenters. The molecule has 1 N–H and O–H groups in total. The molecule has 0 bridgehead atoms. The largest absolute Gasteiger partial charge is 0.352 e. The molecule has 2 aromatic rings. The summed E-state index contributed by atoms with van der Waals surface area (Å²) < 4.78 is 0. The first-order valence-corrected chi connectivity index (χ1v) is 10.8. The molecule has 0 aliphatic heterocycles. The highest BCUT2D eigenvalue weighted by atomic mass is 32.2. The van der Waals surface area contributed by atoms with Crippen molar-refractivity contribution in [1.29, 1.82) is 0 Å². The predicted molar refractivity (Wildman–Crippen MR) is 117 cm³/mol. The van der Waals surface area contributed by atoms with Crippen molar-refractivity contribution >= 4 is 23.6 Å². The molecule has 2 amide bonds. The highest BCUT2D eigenvalue weighted by Gasteiger charge is 2.26. The van der Waals surface area contributed by atoms with Gasteiger partial charge in [-0.2, -0.15) is 0 Å². The first-order valence-electron chi connectivity index (χ1n) is 9.64. The van der Waals surface area contributed by atoms with Gasteiger partial charge in [-0.15, -0.1) is 11.8 Å². The zero-order valence-corrected chi connectivity index (χ0v) is 18.0. The Bertz CT molecular complexity index is 760. The van der Waals surface area contributed by atoms with E-state index in [2.05, 4.69) is 36.5 Å². The van der Waals surface area contributed by atoms with Crippen LogP contribution in [-0.4, -0.2) is 34.6 Å². The van der Waals surface area contributed by atoms with Crippen molar-refractivity contribution in [3.63, 3.8) is 0 Å². The van der Waals surface area contributed by atoms with Crippen LogP contribution >= 0.6 is 11.8 Å². The third kappa shape index (κ3) is 7.04. The Kier molecular flexibility index (Phi) is 8.58. The molecule has 5 heteroatoms. The van der Waals surface area contributed by atoms with Gasteiger partial charge >= 0.3 is 0 Å². The van der Waals surface area contributed by atoms with Gasteiger partial charge in [0.15, 0.2) is 0 Å². The molecule has 0 aliphatic carbocycles. The van der Waals surface area contributed by atoms with Crippen LogP contribution in [0.3, 0.4) is 0 Å². The molecule has 0 heterocycles. The van der Waals surface area contributed by atoms with Crippen molar-refractivity contribution in [3.8, 4) is 0 Å². The van der Waals surface area contributed by atoms with E-state index in [4.69, 9.17) is 0 Å². The monoisotopic (exact) mass is 398 g/mol. The van der Waals surface area contributed by atoms with Crippen LogP contribution < -0.4 is 5.32 Å². The lowest BCUT2D eigenvalue weighted by Crippen LogP contribution is -2.49. The van der Waals surface area contributed by atoms with Crippen LogP contribution in [0.15, 0.2) is 54.6 Å². The van der Waals surface area contributed by atoms with Crippen molar-refractivity contribution < 1.29 is 9.59 Å². The molecule has 4 nitrogen and oxygen atoms in total. The van der Waals surface area contributed by atoms with E-state index in [1.165, 1.54) is 11.1 Å². The second kappa shape index (κ2) is 10.9. The van der Waals surface area contributed by atoms with Crippen LogP contribution in [0, 0.1) is 6.92 Å². The number of hydrogen-bond donors (Lipinski definition) is 1. The topological polar surface area (TPSA) is 49.4 Å². The molecule has 0 aliphatic rings. The van der Waals surface area contributed by atoms with Gasteiger partial charge < -0.3 is 10.2 Å². The minimum atomic E-state index is -0.518. The minimum absolute atomic E-state index is 0.0210. The Hall–Kier alpha value is -2.27. The van der Waals surface area contributed by atoms with E-state index >= 15 is 0 Å². The van der Waals surface area contributed by atoms with Crippen LogP contribution in [-0.2, 0) is 21.9 Å². The number of amides is 2. The Morgan fingerprint density at radius 2 is 1.61 bits per heavy atom. The fourth-order valence-corrected chi connectivity index (χ4v) is 3.66. The first kappa shape index (κ1) is 22.0. The quantitative estimate of drug-likeness (QED) is 0.690. The smallest absolute Gasteiger partial charge is 0.242 e. The normalized spacial score (nSPS) is 11.9. The first-order chi connectivity index (χ1) is 13.4. The summed E-state index contributed by atoms with van der Waals surface area (Å²) in [4.78, 5) is 27.1. The van der Waals surface area contributed by atoms with Crippen molar-refractivity contribution in [2.45, 2.75) is 52.1 Å². The van der Waals surface area contributed by atoms with Gasteiger partial charge in [-0.05, 0) is 38.8 Å². The number of carbonyl (C=O) groups is 2. The summed E-state index contributed by atoms with van der Waals surface area (Å²) in [7, 11) is 0. The third-order valence-electron chi connectivity index (χ3n) is 4.41. The second-order valence-corrected chi connectivity index (χ2v) is 8.31. The highest BCUT2D eigenvalue weighted by Crippen LogP contribution is 2.16. The molecule has 1 atom stereocenters. The lowest BCUT2D eigenvalue weighted by Gasteiger charge is -2.29. The number of nitrogens with one attached hydrogen (secondary N) is 1. The Balaban J connectivity index is 2.02. The van der Waals surface area contributed by atoms with E-state index < -0.39 is 6.04 Å². The van der Waals surface area contributed by atoms with E-state index in [9.17, 15) is 9.59 Å². The Labute approximate surface area is 172 Å². The summed E-state index contributed by atoms with van der Waals surface area (Å²) in [6.07, 6.45) is 0. The molecule has 0 spiro atoms. The number of hydrogen-bond acceptors (Lipinski definition) is 3. The summed E-state index contributed by atoms with van der Waals surface area (Å²) in [5.74, 6) is 0.979. The van der Waals surface area contributed by atoms with Crippen molar-refractivity contribution in [1.82, 2.24) is 10.2 Å². The molecule has 2 rings (SSSR count). The SMILES string of the molecule is Cc1ccc(CSCC(=O)N(Cc2ccccc2)C(C)C(=O)NC(C)C)cc1. The van der Waals surface area contributed by atoms with E-state index in [1.807, 2.05) is 44.2 Å². The highest BCUT2D eigenvalue weighted by molar-refractivity contribution is 7.99. The van der Waals surface area contributed by atoms with Crippen LogP contribution in [0.25, 0.3) is 0 Å². The Morgan fingerprint density at radius 3 is 2.21 bits per heavy atom. The average molecular weight is 399 g/mol. The van der Waals surface area contributed by atoms with Gasteiger partial charge in [0.2, 0.25) is 11.8 Å². The molecule has 0 radical (unpaired) electrons. The molecular weight excluding hydrogens is 368 g/mol. The summed E-state index contributed by atoms with van der Waals surface area (Å²) in [6.45, 7) is 8.13. The van der Waals surface area contributed by atoms with Crippen molar-refractivity contribution in [2.24, 2.45) is 0 Å². The zero-order valence-electron chi connectivity index (χ0n) is 17.1. The number of benzene rings is 2. The fraction of sp³-hybridized carbons (Fsp3) is 0.391. The van der Waals surface area contributed by atoms with E-state index in [0.29, 0.717) is 12.3 Å². The van der Waals surface area contributed by atoms with Crippen molar-refractivity contribution in [2.75, 3.05) is 5.75 Å². The summed E-state index contributed by atoms with van der Waals surface area (Å²) in [5.41, 5.74) is 3.44. The molecule has 0 fully saturated rings. The van der Waals surface area contributed by atoms with E-state index in [1.54, 1.807) is 23.6 Å². The number of nitrogens with zero attached hydrogens (tertiary/aromatic N) is 1. The van der Waals surface area contributed by atoms with Gasteiger partial charge in [0.1, 0.15) is 6.04 Å². The number of rotatable bonds is 9. The summed E-state index contributed by atoms with van der Waals surface area (Å²) in [5, 5.41) is 2.91. The lowest BCUT2D eigenvalue weighted by molar-refractivity contribution is -0.138. The van der Waals surface area contributed by atoms with Crippen LogP contribution in [0.2, 0.25) is 0 Å². The Morgan fingerprint density at radius 1 is 0.964 bits per heavy atom. The molecule has 0 aromatic heterocycles. The predicted octanol–water partition coefficient (Wildman–Crippen LogP) is 4.17. The molecule has 150 valence electrons. The second-order valence-electron chi connectivity index (χ2n) is 7.32. The molecular formula is C23H30N2O2S. The lowest BCUT2D eigenvalue weighted by atomic mass is 10.1. The van der Waals surface area contributed by atoms with Gasteiger partial charge in [0, 0.05) is 18.3 Å². The summed E-state index contributed by atoms with van der Waals surface area (Å²) >= 11 is 1.58. The van der Waals surface area contributed by atoms with E-state index in [-0.39, 0.29) is 17.9 Å². The van der Waals surface area contributed by atoms with Gasteiger partial charge in [0.05, 0.1) is 5.75 Å². The van der Waals surface area contributed by atoms with Crippen LogP contribution in [0.4, 0.5) is 0 Å². The van der Waals surface area contributed by atoms with Gasteiger partial charge in [-0.25, -0.2) is 0 Å². The number of aryl methyl sites for hydroxylation is 1. The molecule has 28 heavy (non-hydrogen) atoms. The maximum atomic E-state index is 12.9. The number of carbonyl (C=O) groups excluding carboxylic acids is 2. The van der Waals surface area contributed by atoms with Crippen LogP contribution in [0.1, 0.15) is 37.5 Å². The average Bonchev–Trinajstić information content (AvgIpc) is 2.67. The fourth-order valence-electron chi connectivity index (χ4n) is 2.79. The standard InChI is InChI=1S/C23H30N2O2S/c1-17(2)24-23(27)19(4)25(14-20-8-6-5-7-9-20)22(26)16-28-15-21-12-10-18(3)11-13-21/h5-13,17,19H,14-16H2,1-4H3,(H,24,27). The maximum Gasteiger partial charge on any atom is 0.242 e. The molecule has 0 saturated carbocycles. The maximum absolute atomic E-state index is 12.9. The van der Waals surface area contributed by atoms with Crippen molar-refractivity contribution in [3.05, 3.63) is 71.3 Å².